The minimum absolute atomic E-state index is 0.0579. The molecular formula is C28H40N2O7. The first-order valence-corrected chi connectivity index (χ1v) is 13.3. The predicted molar refractivity (Wildman–Crippen MR) is 139 cm³/mol. The van der Waals surface area contributed by atoms with Crippen molar-refractivity contribution >= 4 is 18.1 Å². The molecule has 3 rings (SSSR count). The van der Waals surface area contributed by atoms with Gasteiger partial charge in [-0.1, -0.05) is 39.5 Å². The average Bonchev–Trinajstić information content (AvgIpc) is 3.30. The fourth-order valence-electron chi connectivity index (χ4n) is 5.18. The molecule has 2 amide bonds. The number of aliphatic hydroxyl groups excluding tert-OH is 2. The number of rotatable bonds is 14. The molecule has 0 radical (unpaired) electrons. The van der Waals surface area contributed by atoms with E-state index in [1.807, 2.05) is 6.92 Å². The number of amides is 2. The first-order chi connectivity index (χ1) is 17.9. The molecule has 1 aliphatic carbocycles. The van der Waals surface area contributed by atoms with Gasteiger partial charge in [0.1, 0.15) is 18.5 Å². The highest BCUT2D eigenvalue weighted by atomic mass is 16.5. The number of fused-ring (bicyclic) bond motifs is 3. The zero-order valence-electron chi connectivity index (χ0n) is 22.1. The molecular weight excluding hydrogens is 476 g/mol. The van der Waals surface area contributed by atoms with Crippen LogP contribution in [0, 0.1) is 0 Å². The van der Waals surface area contributed by atoms with Gasteiger partial charge in [0.2, 0.25) is 11.8 Å². The van der Waals surface area contributed by atoms with Gasteiger partial charge in [-0.3, -0.25) is 14.4 Å². The summed E-state index contributed by atoms with van der Waals surface area (Å²) < 4.78 is 11.7. The van der Waals surface area contributed by atoms with Crippen molar-refractivity contribution in [3.8, 4) is 11.5 Å². The summed E-state index contributed by atoms with van der Waals surface area (Å²) in [5.74, 6) is -0.441. The molecule has 3 N–H and O–H groups in total. The second-order valence-electron chi connectivity index (χ2n) is 9.65. The number of carbonyl (C=O) groups excluding carboxylic acids is 3. The van der Waals surface area contributed by atoms with Crippen LogP contribution in [-0.4, -0.2) is 78.3 Å². The Morgan fingerprint density at radius 1 is 1.16 bits per heavy atom. The summed E-state index contributed by atoms with van der Waals surface area (Å²) in [6.45, 7) is 4.44. The second-order valence-corrected chi connectivity index (χ2v) is 9.65. The van der Waals surface area contributed by atoms with E-state index in [0.29, 0.717) is 47.5 Å². The number of nitrogens with one attached hydrogen (secondary N) is 1. The summed E-state index contributed by atoms with van der Waals surface area (Å²) >= 11 is 0. The molecule has 0 saturated heterocycles. The molecule has 9 nitrogen and oxygen atoms in total. The van der Waals surface area contributed by atoms with Crippen molar-refractivity contribution in [2.75, 3.05) is 26.8 Å². The van der Waals surface area contributed by atoms with Gasteiger partial charge in [0.25, 0.3) is 0 Å². The van der Waals surface area contributed by atoms with Gasteiger partial charge in [-0.25, -0.2) is 0 Å². The quantitative estimate of drug-likeness (QED) is 0.256. The first kappa shape index (κ1) is 28.7. The number of aldehydes is 1. The Morgan fingerprint density at radius 2 is 1.92 bits per heavy atom. The number of methoxy groups -OCH3 is 1. The molecule has 1 aromatic carbocycles. The number of nitrogens with zero attached hydrogens (tertiary/aromatic N) is 1. The van der Waals surface area contributed by atoms with E-state index >= 15 is 0 Å². The Kier molecular flexibility index (Phi) is 10.5. The molecule has 1 aromatic rings. The van der Waals surface area contributed by atoms with Crippen LogP contribution in [0.25, 0.3) is 0 Å². The van der Waals surface area contributed by atoms with Gasteiger partial charge in [-0.05, 0) is 31.1 Å². The van der Waals surface area contributed by atoms with Gasteiger partial charge in [-0.2, -0.15) is 0 Å². The monoisotopic (exact) mass is 516 g/mol. The highest BCUT2D eigenvalue weighted by Gasteiger charge is 2.51. The third-order valence-electron chi connectivity index (χ3n) is 7.09. The van der Waals surface area contributed by atoms with Crippen LogP contribution in [0.2, 0.25) is 0 Å². The highest BCUT2D eigenvalue weighted by Crippen LogP contribution is 2.51. The lowest BCUT2D eigenvalue weighted by atomic mass is 9.77. The number of aliphatic hydroxyl groups is 2. The number of ether oxygens (including phenoxy) is 2. The maximum atomic E-state index is 13.3. The Labute approximate surface area is 218 Å². The van der Waals surface area contributed by atoms with Crippen molar-refractivity contribution in [2.45, 2.75) is 83.0 Å². The Balaban J connectivity index is 2.06. The standard InChI is InChI=1S/C28H40N2O7/c1-4-6-8-9-12-30(23(33)10-7-5-2)21-16-20(28(35)29-11-13-31)24-19-14-18(17-32)15-22(36-3)26(19)37-27(24)25(21)34/h14-17,21,24-25,27,31,34H,4-13H2,1-3H3,(H,29,35). The summed E-state index contributed by atoms with van der Waals surface area (Å²) in [6.07, 6.45) is 6.24. The maximum absolute atomic E-state index is 13.3. The number of carbonyl (C=O) groups is 3. The largest absolute Gasteiger partial charge is 0.493 e. The molecule has 37 heavy (non-hydrogen) atoms. The summed E-state index contributed by atoms with van der Waals surface area (Å²) in [5, 5.41) is 23.5. The second kappa shape index (κ2) is 13.6. The molecule has 4 atom stereocenters. The molecule has 1 heterocycles. The van der Waals surface area contributed by atoms with E-state index in [0.717, 1.165) is 38.5 Å². The van der Waals surface area contributed by atoms with Crippen LogP contribution in [0.15, 0.2) is 23.8 Å². The van der Waals surface area contributed by atoms with Crippen molar-refractivity contribution in [1.82, 2.24) is 10.2 Å². The smallest absolute Gasteiger partial charge is 0.247 e. The SMILES string of the molecule is CCCCCCN(C(=O)CCCC)C1C=C(C(=O)NCCO)C2c3cc(C=O)cc(OC)c3OC2C1O. The van der Waals surface area contributed by atoms with E-state index in [9.17, 15) is 24.6 Å². The van der Waals surface area contributed by atoms with Crippen molar-refractivity contribution < 1.29 is 34.1 Å². The van der Waals surface area contributed by atoms with Crippen LogP contribution in [0.5, 0.6) is 11.5 Å². The third kappa shape index (κ3) is 6.33. The van der Waals surface area contributed by atoms with E-state index in [1.54, 1.807) is 23.1 Å². The first-order valence-electron chi connectivity index (χ1n) is 13.3. The Bertz CT molecular complexity index is 993. The molecule has 0 fully saturated rings. The number of unbranched alkanes of at least 4 members (excludes halogenated alkanes) is 4. The summed E-state index contributed by atoms with van der Waals surface area (Å²) in [7, 11) is 1.46. The number of hydrogen-bond acceptors (Lipinski definition) is 7. The molecule has 1 aliphatic heterocycles. The van der Waals surface area contributed by atoms with Crippen LogP contribution in [0.1, 0.15) is 80.6 Å². The Morgan fingerprint density at radius 3 is 2.57 bits per heavy atom. The topological polar surface area (TPSA) is 125 Å². The fraction of sp³-hybridized carbons (Fsp3) is 0.607. The molecule has 4 unspecified atom stereocenters. The normalized spacial score (nSPS) is 21.8. The molecule has 0 bridgehead atoms. The lowest BCUT2D eigenvalue weighted by molar-refractivity contribution is -0.137. The van der Waals surface area contributed by atoms with Crippen molar-refractivity contribution in [3.63, 3.8) is 0 Å². The molecule has 204 valence electrons. The minimum Gasteiger partial charge on any atom is -0.493 e. The van der Waals surface area contributed by atoms with Gasteiger partial charge in [-0.15, -0.1) is 0 Å². The zero-order chi connectivity index (χ0) is 26.9. The van der Waals surface area contributed by atoms with Crippen LogP contribution in [-0.2, 0) is 9.59 Å². The lowest BCUT2D eigenvalue weighted by Gasteiger charge is -2.41. The molecule has 9 heteroatoms. The molecule has 0 aromatic heterocycles. The summed E-state index contributed by atoms with van der Waals surface area (Å²) in [5.41, 5.74) is 1.26. The van der Waals surface area contributed by atoms with E-state index in [2.05, 4.69) is 12.2 Å². The van der Waals surface area contributed by atoms with E-state index in [4.69, 9.17) is 9.47 Å². The Hall–Kier alpha value is -2.91. The fourth-order valence-corrected chi connectivity index (χ4v) is 5.18. The number of benzene rings is 1. The van der Waals surface area contributed by atoms with Crippen LogP contribution in [0.4, 0.5) is 0 Å². The van der Waals surface area contributed by atoms with E-state index in [1.165, 1.54) is 7.11 Å². The van der Waals surface area contributed by atoms with Crippen LogP contribution in [0.3, 0.4) is 0 Å². The van der Waals surface area contributed by atoms with Gasteiger partial charge >= 0.3 is 0 Å². The summed E-state index contributed by atoms with van der Waals surface area (Å²) in [4.78, 5) is 39.9. The minimum atomic E-state index is -1.10. The summed E-state index contributed by atoms with van der Waals surface area (Å²) in [6, 6.07) is 2.44. The van der Waals surface area contributed by atoms with Crippen LogP contribution < -0.4 is 14.8 Å². The van der Waals surface area contributed by atoms with Gasteiger partial charge in [0.05, 0.1) is 25.7 Å². The molecule has 2 aliphatic rings. The van der Waals surface area contributed by atoms with Crippen molar-refractivity contribution in [2.24, 2.45) is 0 Å². The highest BCUT2D eigenvalue weighted by molar-refractivity contribution is 5.96. The van der Waals surface area contributed by atoms with E-state index in [-0.39, 0.29) is 19.1 Å². The van der Waals surface area contributed by atoms with Gasteiger partial charge in [0, 0.05) is 36.2 Å². The number of hydrogen-bond donors (Lipinski definition) is 3. The third-order valence-corrected chi connectivity index (χ3v) is 7.09. The van der Waals surface area contributed by atoms with Crippen molar-refractivity contribution in [1.29, 1.82) is 0 Å². The van der Waals surface area contributed by atoms with Gasteiger partial charge < -0.3 is 29.9 Å². The average molecular weight is 517 g/mol. The zero-order valence-corrected chi connectivity index (χ0v) is 22.1. The van der Waals surface area contributed by atoms with Crippen LogP contribution >= 0.6 is 0 Å². The van der Waals surface area contributed by atoms with Gasteiger partial charge in [0.15, 0.2) is 11.5 Å². The maximum Gasteiger partial charge on any atom is 0.247 e. The van der Waals surface area contributed by atoms with E-state index < -0.39 is 30.1 Å². The lowest BCUT2D eigenvalue weighted by Crippen LogP contribution is -2.56. The molecule has 0 saturated carbocycles. The van der Waals surface area contributed by atoms with Crippen molar-refractivity contribution in [3.05, 3.63) is 34.9 Å². The predicted octanol–water partition coefficient (Wildman–Crippen LogP) is 2.73. The molecule has 0 spiro atoms.